The van der Waals surface area contributed by atoms with Crippen LogP contribution in [0.2, 0.25) is 0 Å². The van der Waals surface area contributed by atoms with Gasteiger partial charge in [0.1, 0.15) is 0 Å². The molecule has 7 heteroatoms. The lowest BCUT2D eigenvalue weighted by atomic mass is 10.2. The Balaban J connectivity index is 4.60. The van der Waals surface area contributed by atoms with Gasteiger partial charge in [0.15, 0.2) is 0 Å². The van der Waals surface area contributed by atoms with Crippen molar-refractivity contribution in [3.8, 4) is 0 Å². The molecule has 0 saturated carbocycles. The number of rotatable bonds is 8. The van der Waals surface area contributed by atoms with Crippen LogP contribution in [0.4, 0.5) is 4.79 Å². The predicted octanol–water partition coefficient (Wildman–Crippen LogP) is -0.564. The van der Waals surface area contributed by atoms with Crippen molar-refractivity contribution in [3.05, 3.63) is 0 Å². The predicted molar refractivity (Wildman–Crippen MR) is 65.2 cm³/mol. The zero-order valence-electron chi connectivity index (χ0n) is 10.9. The Kier molecular flexibility index (Phi) is 8.06. The van der Waals surface area contributed by atoms with E-state index in [0.717, 1.165) is 0 Å². The number of urea groups is 1. The summed E-state index contributed by atoms with van der Waals surface area (Å²) in [7, 11) is 0. The molecule has 0 saturated heterocycles. The number of hydrogen-bond acceptors (Lipinski definition) is 4. The van der Waals surface area contributed by atoms with Crippen molar-refractivity contribution in [3.63, 3.8) is 0 Å². The first-order valence-electron chi connectivity index (χ1n) is 5.96. The van der Waals surface area contributed by atoms with Crippen molar-refractivity contribution < 1.29 is 24.9 Å². The molecule has 1 atom stereocenters. The number of carboxylic acid groups (broad SMARTS) is 1. The van der Waals surface area contributed by atoms with E-state index in [9.17, 15) is 9.59 Å². The monoisotopic (exact) mass is 262 g/mol. The molecule has 0 bridgehead atoms. The molecule has 0 spiro atoms. The Morgan fingerprint density at radius 2 is 1.61 bits per heavy atom. The average Bonchev–Trinajstić information content (AvgIpc) is 2.34. The highest BCUT2D eigenvalue weighted by atomic mass is 16.4. The van der Waals surface area contributed by atoms with Gasteiger partial charge in [-0.1, -0.05) is 6.92 Å². The van der Waals surface area contributed by atoms with Crippen LogP contribution in [0.1, 0.15) is 13.8 Å². The quantitative estimate of drug-likeness (QED) is 0.544. The summed E-state index contributed by atoms with van der Waals surface area (Å²) >= 11 is 0. The lowest BCUT2D eigenvalue weighted by Gasteiger charge is -2.30. The van der Waals surface area contributed by atoms with Crippen LogP contribution in [0, 0.1) is 5.92 Å². The molecule has 0 aliphatic rings. The summed E-state index contributed by atoms with van der Waals surface area (Å²) in [5.74, 6) is -1.61. The van der Waals surface area contributed by atoms with Gasteiger partial charge in [0.05, 0.1) is 19.1 Å². The Bertz CT molecular complexity index is 266. The highest BCUT2D eigenvalue weighted by molar-refractivity contribution is 5.76. The van der Waals surface area contributed by atoms with Crippen molar-refractivity contribution >= 4 is 12.0 Å². The van der Waals surface area contributed by atoms with E-state index in [1.54, 1.807) is 6.92 Å². The van der Waals surface area contributed by atoms with Crippen LogP contribution in [-0.4, -0.2) is 76.5 Å². The molecule has 18 heavy (non-hydrogen) atoms. The van der Waals surface area contributed by atoms with E-state index in [1.165, 1.54) is 16.7 Å². The molecular formula is C11H22N2O5. The molecule has 0 aromatic heterocycles. The SMILES string of the molecule is CCN(CC(C)C(=O)O)C(=O)N(CCO)CCO. The molecule has 106 valence electrons. The molecule has 0 radical (unpaired) electrons. The number of hydrogen-bond donors (Lipinski definition) is 3. The van der Waals surface area contributed by atoms with Crippen LogP contribution in [0.15, 0.2) is 0 Å². The van der Waals surface area contributed by atoms with Gasteiger partial charge in [-0.25, -0.2) is 4.79 Å². The van der Waals surface area contributed by atoms with Gasteiger partial charge in [-0.05, 0) is 6.92 Å². The second-order valence-electron chi connectivity index (χ2n) is 3.99. The smallest absolute Gasteiger partial charge is 0.320 e. The first kappa shape index (κ1) is 16.7. The van der Waals surface area contributed by atoms with Gasteiger partial charge in [-0.2, -0.15) is 0 Å². The number of aliphatic carboxylic acids is 1. The van der Waals surface area contributed by atoms with E-state index in [-0.39, 0.29) is 38.9 Å². The minimum atomic E-state index is -0.961. The van der Waals surface area contributed by atoms with E-state index in [0.29, 0.717) is 6.54 Å². The van der Waals surface area contributed by atoms with Gasteiger partial charge in [0.25, 0.3) is 0 Å². The van der Waals surface area contributed by atoms with Gasteiger partial charge >= 0.3 is 12.0 Å². The van der Waals surface area contributed by atoms with Crippen molar-refractivity contribution in [2.24, 2.45) is 5.92 Å². The fourth-order valence-electron chi connectivity index (χ4n) is 1.50. The Hall–Kier alpha value is -1.34. The molecular weight excluding hydrogens is 240 g/mol. The second-order valence-corrected chi connectivity index (χ2v) is 3.99. The third-order valence-corrected chi connectivity index (χ3v) is 2.58. The first-order valence-corrected chi connectivity index (χ1v) is 5.96. The number of amides is 2. The summed E-state index contributed by atoms with van der Waals surface area (Å²) in [6.45, 7) is 3.62. The maximum Gasteiger partial charge on any atom is 0.320 e. The lowest BCUT2D eigenvalue weighted by Crippen LogP contribution is -2.47. The van der Waals surface area contributed by atoms with Gasteiger partial charge in [0.2, 0.25) is 0 Å². The zero-order valence-corrected chi connectivity index (χ0v) is 10.9. The zero-order chi connectivity index (χ0) is 14.1. The minimum Gasteiger partial charge on any atom is -0.481 e. The summed E-state index contributed by atoms with van der Waals surface area (Å²) in [6, 6.07) is -0.367. The first-order chi connectivity index (χ1) is 8.47. The summed E-state index contributed by atoms with van der Waals surface area (Å²) in [4.78, 5) is 25.5. The Labute approximate surface area is 107 Å². The highest BCUT2D eigenvalue weighted by Gasteiger charge is 2.23. The van der Waals surface area contributed by atoms with Crippen molar-refractivity contribution in [1.29, 1.82) is 0 Å². The molecule has 0 aromatic rings. The fourth-order valence-corrected chi connectivity index (χ4v) is 1.50. The molecule has 0 fully saturated rings. The number of carbonyl (C=O) groups excluding carboxylic acids is 1. The molecule has 2 amide bonds. The van der Waals surface area contributed by atoms with E-state index in [1.807, 2.05) is 0 Å². The number of aliphatic hydroxyl groups excluding tert-OH is 2. The van der Waals surface area contributed by atoms with Crippen molar-refractivity contribution in [2.45, 2.75) is 13.8 Å². The van der Waals surface area contributed by atoms with E-state index in [4.69, 9.17) is 15.3 Å². The lowest BCUT2D eigenvalue weighted by molar-refractivity contribution is -0.141. The third-order valence-electron chi connectivity index (χ3n) is 2.58. The molecule has 1 unspecified atom stereocenters. The molecule has 3 N–H and O–H groups in total. The average molecular weight is 262 g/mol. The van der Waals surface area contributed by atoms with Crippen molar-refractivity contribution in [2.75, 3.05) is 39.4 Å². The second kappa shape index (κ2) is 8.71. The van der Waals surface area contributed by atoms with Crippen LogP contribution in [0.5, 0.6) is 0 Å². The molecule has 7 nitrogen and oxygen atoms in total. The summed E-state index contributed by atoms with van der Waals surface area (Å²) in [5, 5.41) is 26.5. The number of aliphatic hydroxyl groups is 2. The van der Waals surface area contributed by atoms with Gasteiger partial charge in [-0.15, -0.1) is 0 Å². The van der Waals surface area contributed by atoms with Gasteiger partial charge in [-0.3, -0.25) is 4.79 Å². The summed E-state index contributed by atoms with van der Waals surface area (Å²) < 4.78 is 0. The Morgan fingerprint density at radius 3 is 1.94 bits per heavy atom. The maximum atomic E-state index is 12.0. The van der Waals surface area contributed by atoms with Crippen LogP contribution in [-0.2, 0) is 4.79 Å². The molecule has 0 rings (SSSR count). The fraction of sp³-hybridized carbons (Fsp3) is 0.818. The van der Waals surface area contributed by atoms with E-state index >= 15 is 0 Å². The number of carbonyl (C=O) groups is 2. The molecule has 0 aliphatic heterocycles. The topological polar surface area (TPSA) is 101 Å². The summed E-state index contributed by atoms with van der Waals surface area (Å²) in [5.41, 5.74) is 0. The minimum absolute atomic E-state index is 0.109. The normalized spacial score (nSPS) is 12.0. The summed E-state index contributed by atoms with van der Waals surface area (Å²) in [6.07, 6.45) is 0. The van der Waals surface area contributed by atoms with Crippen LogP contribution in [0.25, 0.3) is 0 Å². The van der Waals surface area contributed by atoms with Gasteiger partial charge < -0.3 is 25.1 Å². The van der Waals surface area contributed by atoms with E-state index < -0.39 is 11.9 Å². The highest BCUT2D eigenvalue weighted by Crippen LogP contribution is 2.04. The molecule has 0 heterocycles. The van der Waals surface area contributed by atoms with Crippen LogP contribution in [0.3, 0.4) is 0 Å². The third kappa shape index (κ3) is 5.33. The number of nitrogens with zero attached hydrogens (tertiary/aromatic N) is 2. The van der Waals surface area contributed by atoms with E-state index in [2.05, 4.69) is 0 Å². The van der Waals surface area contributed by atoms with Crippen molar-refractivity contribution in [1.82, 2.24) is 9.80 Å². The van der Waals surface area contributed by atoms with Gasteiger partial charge in [0, 0.05) is 26.2 Å². The van der Waals surface area contributed by atoms with Crippen LogP contribution >= 0.6 is 0 Å². The molecule has 0 aromatic carbocycles. The number of carboxylic acids is 1. The molecule has 0 aliphatic carbocycles. The standard InChI is InChI=1S/C11H22N2O5/c1-3-12(8-9(2)10(16)17)11(18)13(4-6-14)5-7-15/h9,14-15H,3-8H2,1-2H3,(H,16,17). The largest absolute Gasteiger partial charge is 0.481 e. The van der Waals surface area contributed by atoms with Crippen LogP contribution < -0.4 is 0 Å². The Morgan fingerprint density at radius 1 is 1.11 bits per heavy atom. The maximum absolute atomic E-state index is 12.0.